The number of hydrogen-bond acceptors (Lipinski definition) is 5. The van der Waals surface area contributed by atoms with Crippen molar-refractivity contribution < 1.29 is 14.3 Å². The van der Waals surface area contributed by atoms with Crippen LogP contribution in [0.15, 0.2) is 18.2 Å². The van der Waals surface area contributed by atoms with E-state index in [-0.39, 0.29) is 5.91 Å². The molecule has 0 saturated carbocycles. The van der Waals surface area contributed by atoms with E-state index in [1.54, 1.807) is 18.2 Å². The zero-order valence-corrected chi connectivity index (χ0v) is 10.8. The molecule has 0 atom stereocenters. The van der Waals surface area contributed by atoms with Gasteiger partial charge in [-0.1, -0.05) is 0 Å². The Morgan fingerprint density at radius 3 is 2.84 bits per heavy atom. The zero-order valence-electron chi connectivity index (χ0n) is 10.8. The molecule has 0 heterocycles. The predicted octanol–water partition coefficient (Wildman–Crippen LogP) is 1.11. The molecule has 0 unspecified atom stereocenters. The molecule has 0 spiro atoms. The molecule has 0 saturated heterocycles. The summed E-state index contributed by atoms with van der Waals surface area (Å²) in [6, 6.07) is 7.02. The first-order chi connectivity index (χ1) is 9.21. The third-order valence-electron chi connectivity index (χ3n) is 2.34. The van der Waals surface area contributed by atoms with Crippen LogP contribution >= 0.6 is 0 Å². The summed E-state index contributed by atoms with van der Waals surface area (Å²) in [5.41, 5.74) is 2.57. The van der Waals surface area contributed by atoms with Crippen molar-refractivity contribution in [1.29, 1.82) is 5.26 Å². The van der Waals surface area contributed by atoms with Crippen LogP contribution in [0.4, 0.5) is 0 Å². The molecule has 0 fully saturated rings. The number of hydrazine groups is 1. The summed E-state index contributed by atoms with van der Waals surface area (Å²) in [6.07, 6.45) is 0.853. The van der Waals surface area contributed by atoms with E-state index in [9.17, 15) is 4.79 Å². The van der Waals surface area contributed by atoms with Crippen LogP contribution < -0.4 is 20.7 Å². The van der Waals surface area contributed by atoms with Gasteiger partial charge < -0.3 is 9.47 Å². The molecule has 1 amide bonds. The monoisotopic (exact) mass is 263 g/mol. The van der Waals surface area contributed by atoms with Gasteiger partial charge in [0.15, 0.2) is 11.5 Å². The smallest absolute Gasteiger partial charge is 0.234 e. The molecule has 6 nitrogen and oxygen atoms in total. The van der Waals surface area contributed by atoms with Crippen LogP contribution in [0.25, 0.3) is 0 Å². The van der Waals surface area contributed by atoms with E-state index in [2.05, 4.69) is 5.43 Å². The maximum Gasteiger partial charge on any atom is 0.234 e. The predicted molar refractivity (Wildman–Crippen MR) is 69.4 cm³/mol. The molecule has 0 aromatic heterocycles. The van der Waals surface area contributed by atoms with Crippen molar-refractivity contribution in [2.75, 3.05) is 13.2 Å². The van der Waals surface area contributed by atoms with Crippen LogP contribution in [0, 0.1) is 11.3 Å². The lowest BCUT2D eigenvalue weighted by Gasteiger charge is -2.11. The number of nitrogens with two attached hydrogens (primary N) is 1. The molecule has 0 radical (unpaired) electrons. The fourth-order valence-corrected chi connectivity index (χ4v) is 1.45. The third-order valence-corrected chi connectivity index (χ3v) is 2.34. The molecule has 0 aliphatic carbocycles. The minimum absolute atomic E-state index is 0.228. The number of amides is 1. The summed E-state index contributed by atoms with van der Waals surface area (Å²) in [6.45, 7) is 2.72. The number of carbonyl (C=O) groups is 1. The number of rotatable bonds is 7. The van der Waals surface area contributed by atoms with Crippen LogP contribution in [0.5, 0.6) is 11.5 Å². The van der Waals surface area contributed by atoms with Crippen LogP contribution in [0.2, 0.25) is 0 Å². The van der Waals surface area contributed by atoms with Crippen molar-refractivity contribution in [3.8, 4) is 17.6 Å². The van der Waals surface area contributed by atoms with E-state index in [0.29, 0.717) is 43.1 Å². The van der Waals surface area contributed by atoms with E-state index in [1.165, 1.54) is 0 Å². The first-order valence-corrected chi connectivity index (χ1v) is 6.00. The van der Waals surface area contributed by atoms with Gasteiger partial charge in [-0.25, -0.2) is 5.84 Å². The van der Waals surface area contributed by atoms with Crippen molar-refractivity contribution in [1.82, 2.24) is 5.43 Å². The number of ether oxygens (including phenoxy) is 2. The van der Waals surface area contributed by atoms with E-state index in [4.69, 9.17) is 20.6 Å². The standard InChI is InChI=1S/C13H17N3O3/c1-2-18-12-8-10(9-14)5-6-11(12)19-7-3-4-13(17)16-15/h5-6,8H,2-4,7,15H2,1H3,(H,16,17). The fraction of sp³-hybridized carbons (Fsp3) is 0.385. The minimum Gasteiger partial charge on any atom is -0.490 e. The fourth-order valence-electron chi connectivity index (χ4n) is 1.45. The Bertz CT molecular complexity index is 469. The summed E-state index contributed by atoms with van der Waals surface area (Å²) in [5, 5.41) is 8.82. The van der Waals surface area contributed by atoms with Gasteiger partial charge in [0.25, 0.3) is 0 Å². The molecule has 6 heteroatoms. The number of hydrogen-bond donors (Lipinski definition) is 2. The van der Waals surface area contributed by atoms with Gasteiger partial charge in [-0.3, -0.25) is 10.2 Å². The lowest BCUT2D eigenvalue weighted by molar-refractivity contribution is -0.121. The quantitative estimate of drug-likeness (QED) is 0.332. The molecule has 0 aliphatic heterocycles. The SMILES string of the molecule is CCOc1cc(C#N)ccc1OCCCC(=O)NN. The number of nitriles is 1. The Morgan fingerprint density at radius 1 is 1.42 bits per heavy atom. The van der Waals surface area contributed by atoms with Gasteiger partial charge in [0.1, 0.15) is 0 Å². The van der Waals surface area contributed by atoms with Gasteiger partial charge >= 0.3 is 0 Å². The molecule has 102 valence electrons. The summed E-state index contributed by atoms with van der Waals surface area (Å²) in [7, 11) is 0. The molecule has 19 heavy (non-hydrogen) atoms. The Labute approximate surface area is 112 Å². The first kappa shape index (κ1) is 14.8. The van der Waals surface area contributed by atoms with Crippen molar-refractivity contribution >= 4 is 5.91 Å². The second-order valence-corrected chi connectivity index (χ2v) is 3.73. The van der Waals surface area contributed by atoms with Gasteiger partial charge in [-0.15, -0.1) is 0 Å². The van der Waals surface area contributed by atoms with Crippen LogP contribution in [0.3, 0.4) is 0 Å². The van der Waals surface area contributed by atoms with Crippen LogP contribution in [0.1, 0.15) is 25.3 Å². The second-order valence-electron chi connectivity index (χ2n) is 3.73. The number of nitrogens with zero attached hydrogens (tertiary/aromatic N) is 1. The average Bonchev–Trinajstić information content (AvgIpc) is 2.44. The number of nitrogens with one attached hydrogen (secondary N) is 1. The lowest BCUT2D eigenvalue weighted by atomic mass is 10.2. The molecule has 1 aromatic rings. The molecule has 1 aromatic carbocycles. The van der Waals surface area contributed by atoms with Crippen molar-refractivity contribution in [2.24, 2.45) is 5.84 Å². The van der Waals surface area contributed by atoms with Gasteiger partial charge in [0, 0.05) is 12.5 Å². The molecule has 0 bridgehead atoms. The van der Waals surface area contributed by atoms with Crippen LogP contribution in [-0.4, -0.2) is 19.1 Å². The topological polar surface area (TPSA) is 97.4 Å². The molecule has 3 N–H and O–H groups in total. The second kappa shape index (κ2) is 7.95. The van der Waals surface area contributed by atoms with Crippen LogP contribution in [-0.2, 0) is 4.79 Å². The molecular weight excluding hydrogens is 246 g/mol. The van der Waals surface area contributed by atoms with Gasteiger partial charge in [-0.2, -0.15) is 5.26 Å². The lowest BCUT2D eigenvalue weighted by Crippen LogP contribution is -2.29. The highest BCUT2D eigenvalue weighted by Gasteiger charge is 2.07. The normalized spacial score (nSPS) is 9.53. The Balaban J connectivity index is 2.57. The van der Waals surface area contributed by atoms with Gasteiger partial charge in [0.2, 0.25) is 5.91 Å². The van der Waals surface area contributed by atoms with E-state index < -0.39 is 0 Å². The van der Waals surface area contributed by atoms with Crippen molar-refractivity contribution in [3.05, 3.63) is 23.8 Å². The zero-order chi connectivity index (χ0) is 14.1. The van der Waals surface area contributed by atoms with E-state index in [1.807, 2.05) is 13.0 Å². The Morgan fingerprint density at radius 2 is 2.21 bits per heavy atom. The summed E-state index contributed by atoms with van der Waals surface area (Å²) in [5.74, 6) is 5.84. The number of benzene rings is 1. The number of carbonyl (C=O) groups excluding carboxylic acids is 1. The highest BCUT2D eigenvalue weighted by atomic mass is 16.5. The van der Waals surface area contributed by atoms with E-state index in [0.717, 1.165) is 0 Å². The maximum absolute atomic E-state index is 10.9. The average molecular weight is 263 g/mol. The Hall–Kier alpha value is -2.26. The summed E-state index contributed by atoms with van der Waals surface area (Å²) in [4.78, 5) is 10.9. The molecule has 1 rings (SSSR count). The highest BCUT2D eigenvalue weighted by Crippen LogP contribution is 2.28. The van der Waals surface area contributed by atoms with Crippen molar-refractivity contribution in [3.63, 3.8) is 0 Å². The minimum atomic E-state index is -0.228. The highest BCUT2D eigenvalue weighted by molar-refractivity contribution is 5.75. The maximum atomic E-state index is 10.9. The van der Waals surface area contributed by atoms with Gasteiger partial charge in [-0.05, 0) is 25.5 Å². The summed E-state index contributed by atoms with van der Waals surface area (Å²) < 4.78 is 10.9. The molecule has 0 aliphatic rings. The first-order valence-electron chi connectivity index (χ1n) is 6.00. The largest absolute Gasteiger partial charge is 0.490 e. The van der Waals surface area contributed by atoms with Crippen molar-refractivity contribution in [2.45, 2.75) is 19.8 Å². The Kier molecular flexibility index (Phi) is 6.19. The molecular formula is C13H17N3O3. The van der Waals surface area contributed by atoms with Gasteiger partial charge in [0.05, 0.1) is 24.8 Å². The third kappa shape index (κ3) is 4.85. The summed E-state index contributed by atoms with van der Waals surface area (Å²) >= 11 is 0. The van der Waals surface area contributed by atoms with E-state index >= 15 is 0 Å².